The van der Waals surface area contributed by atoms with Gasteiger partial charge in [0, 0.05) is 0 Å². The molecule has 0 aliphatic heterocycles. The van der Waals surface area contributed by atoms with Crippen molar-refractivity contribution in [3.8, 4) is 11.1 Å². The van der Waals surface area contributed by atoms with E-state index in [-0.39, 0.29) is 51.0 Å². The first-order valence-electron chi connectivity index (χ1n) is 9.81. The molecule has 1 unspecified atom stereocenters. The molecule has 0 spiro atoms. The molecule has 0 aromatic heterocycles. The molecule has 1 aliphatic carbocycles. The summed E-state index contributed by atoms with van der Waals surface area (Å²) in [5.41, 5.74) is 9.88. The quantitative estimate of drug-likeness (QED) is 0.366. The summed E-state index contributed by atoms with van der Waals surface area (Å²) in [6.07, 6.45) is 3.42. The van der Waals surface area contributed by atoms with E-state index < -0.39 is 0 Å². The van der Waals surface area contributed by atoms with Crippen LogP contribution in [-0.2, 0) is 32.6 Å². The fourth-order valence-electron chi connectivity index (χ4n) is 4.76. The Balaban J connectivity index is 0.00000107. The molecule has 1 aliphatic rings. The molecule has 0 saturated heterocycles. The van der Waals surface area contributed by atoms with E-state index in [4.69, 9.17) is 0 Å². The Morgan fingerprint density at radius 2 is 1.53 bits per heavy atom. The number of rotatable bonds is 3. The average Bonchev–Trinajstić information content (AvgIpc) is 3.24. The van der Waals surface area contributed by atoms with Crippen molar-refractivity contribution in [3.05, 3.63) is 107 Å². The van der Waals surface area contributed by atoms with Crippen LogP contribution in [-0.4, -0.2) is 0 Å². The van der Waals surface area contributed by atoms with Crippen molar-refractivity contribution in [3.63, 3.8) is 0 Å². The molecule has 4 aromatic rings. The molecule has 0 amide bonds. The zero-order chi connectivity index (χ0) is 18.4. The van der Waals surface area contributed by atoms with Crippen LogP contribution < -0.4 is 24.8 Å². The van der Waals surface area contributed by atoms with Gasteiger partial charge in [-0.1, -0.05) is 84.8 Å². The van der Waals surface area contributed by atoms with E-state index >= 15 is 0 Å². The third-order valence-corrected chi connectivity index (χ3v) is 5.94. The number of halogens is 2. The van der Waals surface area contributed by atoms with Gasteiger partial charge in [0.15, 0.2) is 0 Å². The molecule has 0 heterocycles. The molecule has 30 heavy (non-hydrogen) atoms. The number of benzene rings is 3. The van der Waals surface area contributed by atoms with Gasteiger partial charge in [0.2, 0.25) is 0 Å². The molecule has 0 nitrogen and oxygen atoms in total. The van der Waals surface area contributed by atoms with Crippen molar-refractivity contribution < 1.29 is 51.0 Å². The van der Waals surface area contributed by atoms with Gasteiger partial charge in [0.1, 0.15) is 0 Å². The van der Waals surface area contributed by atoms with Crippen LogP contribution in [0.2, 0.25) is 0 Å². The zero-order valence-corrected chi connectivity index (χ0v) is 21.1. The van der Waals surface area contributed by atoms with Crippen molar-refractivity contribution in [2.45, 2.75) is 26.2 Å². The Hall–Kier alpha value is -1.53. The van der Waals surface area contributed by atoms with E-state index in [0.717, 1.165) is 6.42 Å². The van der Waals surface area contributed by atoms with Crippen LogP contribution in [0.4, 0.5) is 0 Å². The van der Waals surface area contributed by atoms with Crippen molar-refractivity contribution >= 4 is 16.8 Å². The molecule has 0 fully saturated rings. The van der Waals surface area contributed by atoms with Crippen LogP contribution in [0, 0.1) is 0 Å². The smallest absolute Gasteiger partial charge is 1.00 e. The second-order valence-corrected chi connectivity index (χ2v) is 7.52. The summed E-state index contributed by atoms with van der Waals surface area (Å²) in [5.74, 6) is 0.360. The summed E-state index contributed by atoms with van der Waals surface area (Å²) in [4.78, 5) is 0. The van der Waals surface area contributed by atoms with Gasteiger partial charge in [-0.3, -0.25) is 0 Å². The molecular formula is C27H23Cl2Zr. The Labute approximate surface area is 210 Å². The van der Waals surface area contributed by atoms with Gasteiger partial charge in [-0.15, -0.1) is 40.1 Å². The van der Waals surface area contributed by atoms with Gasteiger partial charge in [0.05, 0.1) is 0 Å². The van der Waals surface area contributed by atoms with Crippen LogP contribution in [0.15, 0.2) is 84.4 Å². The van der Waals surface area contributed by atoms with E-state index in [1.807, 2.05) is 0 Å². The van der Waals surface area contributed by atoms with E-state index in [9.17, 15) is 0 Å². The van der Waals surface area contributed by atoms with Gasteiger partial charge < -0.3 is 24.8 Å². The minimum atomic E-state index is 0. The molecule has 1 radical (unpaired) electrons. The molecule has 5 rings (SSSR count). The van der Waals surface area contributed by atoms with Gasteiger partial charge in [-0.2, -0.15) is 0 Å². The van der Waals surface area contributed by atoms with Crippen LogP contribution >= 0.6 is 0 Å². The van der Waals surface area contributed by atoms with Crippen LogP contribution in [0.3, 0.4) is 0 Å². The maximum absolute atomic E-state index is 2.41. The number of hydrogen-bond acceptors (Lipinski definition) is 0. The molecule has 149 valence electrons. The van der Waals surface area contributed by atoms with Gasteiger partial charge in [0.25, 0.3) is 0 Å². The normalized spacial score (nSPS) is 14.2. The van der Waals surface area contributed by atoms with E-state index in [1.54, 1.807) is 0 Å². The summed E-state index contributed by atoms with van der Waals surface area (Å²) in [5, 5.41) is 2.79. The molecular weight excluding hydrogens is 486 g/mol. The number of hydrogen-bond donors (Lipinski definition) is 0. The molecule has 4 aromatic carbocycles. The van der Waals surface area contributed by atoms with Crippen LogP contribution in [0.5, 0.6) is 0 Å². The first kappa shape index (κ1) is 24.7. The predicted molar refractivity (Wildman–Crippen MR) is 116 cm³/mol. The second-order valence-electron chi connectivity index (χ2n) is 7.52. The van der Waals surface area contributed by atoms with Crippen molar-refractivity contribution in [2.24, 2.45) is 0 Å². The Morgan fingerprint density at radius 1 is 0.833 bits per heavy atom. The summed E-state index contributed by atoms with van der Waals surface area (Å²) in [6, 6.07) is 28.8. The molecule has 0 saturated carbocycles. The summed E-state index contributed by atoms with van der Waals surface area (Å²) in [7, 11) is 0. The van der Waals surface area contributed by atoms with Crippen molar-refractivity contribution in [2.75, 3.05) is 0 Å². The zero-order valence-electron chi connectivity index (χ0n) is 17.1. The largest absolute Gasteiger partial charge is 3.00 e. The monoisotopic (exact) mass is 507 g/mol. The molecule has 1 atom stereocenters. The molecule has 0 N–H and O–H groups in total. The Kier molecular flexibility index (Phi) is 8.40. The summed E-state index contributed by atoms with van der Waals surface area (Å²) in [6.45, 7) is 4.56. The fraction of sp³-hybridized carbons (Fsp3) is 0.148. The van der Waals surface area contributed by atoms with E-state index in [0.29, 0.717) is 5.92 Å². The second kappa shape index (κ2) is 10.2. The standard InChI is InChI=1S/C27H23.2ClH.Zr/c1-3-19-17-22-13-9-15-23(20-10-5-4-6-11-20)26(22)27(19)25-18(2)16-21-12-7-8-14-24(21)25;;;/h4-17,25H,3H2,1-2H3;2*1H;/q-1;;;+3/p-2. The fourth-order valence-corrected chi connectivity index (χ4v) is 4.76. The Morgan fingerprint density at radius 3 is 2.27 bits per heavy atom. The number of fused-ring (bicyclic) bond motifs is 2. The maximum atomic E-state index is 2.41. The minimum Gasteiger partial charge on any atom is -1.00 e. The van der Waals surface area contributed by atoms with Gasteiger partial charge in [-0.25, -0.2) is 0 Å². The van der Waals surface area contributed by atoms with Crippen LogP contribution in [0.25, 0.3) is 28.0 Å². The average molecular weight is 510 g/mol. The van der Waals surface area contributed by atoms with Crippen LogP contribution in [0.1, 0.15) is 42.0 Å². The maximum Gasteiger partial charge on any atom is 3.00 e. The first-order valence-corrected chi connectivity index (χ1v) is 9.81. The predicted octanol–water partition coefficient (Wildman–Crippen LogP) is 1.34. The Bertz CT molecular complexity index is 1170. The topological polar surface area (TPSA) is 0 Å². The summed E-state index contributed by atoms with van der Waals surface area (Å²) < 4.78 is 0. The molecule has 0 bridgehead atoms. The number of allylic oxidation sites excluding steroid dienone is 1. The third kappa shape index (κ3) is 4.01. The first-order chi connectivity index (χ1) is 13.3. The molecule has 3 heteroatoms. The van der Waals surface area contributed by atoms with Gasteiger partial charge in [-0.05, 0) is 36.0 Å². The van der Waals surface area contributed by atoms with E-state index in [2.05, 4.69) is 98.8 Å². The van der Waals surface area contributed by atoms with Gasteiger partial charge >= 0.3 is 26.2 Å². The number of aryl methyl sites for hydroxylation is 1. The third-order valence-electron chi connectivity index (χ3n) is 5.94. The summed E-state index contributed by atoms with van der Waals surface area (Å²) >= 11 is 0. The SMILES string of the molecule is CCc1[cH-]c2cccc(-c3ccccc3)c2c1C1C(C)=Cc2ccccc21.[Cl-].[Cl-].[Zr+3]. The minimum absolute atomic E-state index is 0. The van der Waals surface area contributed by atoms with Crippen molar-refractivity contribution in [1.82, 2.24) is 0 Å². The van der Waals surface area contributed by atoms with Crippen molar-refractivity contribution in [1.29, 1.82) is 0 Å². The van der Waals surface area contributed by atoms with E-state index in [1.165, 1.54) is 49.7 Å².